The zero-order valence-electron chi connectivity index (χ0n) is 14.6. The van der Waals surface area contributed by atoms with E-state index in [-0.39, 0.29) is 5.82 Å². The van der Waals surface area contributed by atoms with Crippen molar-refractivity contribution in [2.24, 2.45) is 0 Å². The van der Waals surface area contributed by atoms with Gasteiger partial charge in [-0.1, -0.05) is 11.8 Å². The van der Waals surface area contributed by atoms with Crippen molar-refractivity contribution < 1.29 is 14.0 Å². The molecule has 4 rings (SSSR count). The third kappa shape index (κ3) is 3.72. The highest BCUT2D eigenvalue weighted by molar-refractivity contribution is 7.98. The summed E-state index contributed by atoms with van der Waals surface area (Å²) in [6.07, 6.45) is 4.82. The highest BCUT2D eigenvalue weighted by atomic mass is 32.2. The summed E-state index contributed by atoms with van der Waals surface area (Å²) in [6, 6.07) is 6.47. The molecule has 0 bridgehead atoms. The number of hydrogen-bond acceptors (Lipinski definition) is 5. The van der Waals surface area contributed by atoms with Crippen molar-refractivity contribution in [2.45, 2.75) is 11.6 Å². The number of morpholine rings is 1. The summed E-state index contributed by atoms with van der Waals surface area (Å²) < 4.78 is 20.5. The molecule has 0 saturated carbocycles. The van der Waals surface area contributed by atoms with Gasteiger partial charge in [-0.15, -0.1) is 5.10 Å². The standard InChI is InChI=1S/C18H20FN5OS/c1-26-18-21-17-20-16(13-2-4-15(19)5-3-13)14(12-24(17)22-18)6-7-23-8-10-25-11-9-23/h2-5,12H,6-11H2,1H3/p+1. The number of rotatable bonds is 5. The average molecular weight is 374 g/mol. The third-order valence-electron chi connectivity index (χ3n) is 4.64. The summed E-state index contributed by atoms with van der Waals surface area (Å²) in [5.41, 5.74) is 2.85. The maximum Gasteiger partial charge on any atom is 0.253 e. The fraction of sp³-hybridized carbons (Fsp3) is 0.389. The van der Waals surface area contributed by atoms with Crippen LogP contribution in [0.3, 0.4) is 0 Å². The number of fused-ring (bicyclic) bond motifs is 1. The molecule has 1 N–H and O–H groups in total. The van der Waals surface area contributed by atoms with E-state index in [0.29, 0.717) is 10.9 Å². The molecule has 2 aromatic heterocycles. The highest BCUT2D eigenvalue weighted by Gasteiger charge is 2.17. The normalized spacial score (nSPS) is 15.6. The molecule has 0 amide bonds. The van der Waals surface area contributed by atoms with Gasteiger partial charge in [0.15, 0.2) is 0 Å². The molecule has 0 radical (unpaired) electrons. The zero-order chi connectivity index (χ0) is 17.9. The number of ether oxygens (including phenoxy) is 1. The van der Waals surface area contributed by atoms with Gasteiger partial charge < -0.3 is 9.64 Å². The van der Waals surface area contributed by atoms with E-state index in [2.05, 4.69) is 10.1 Å². The van der Waals surface area contributed by atoms with Crippen LogP contribution in [0.15, 0.2) is 35.6 Å². The Bertz CT molecular complexity index is 892. The molecule has 26 heavy (non-hydrogen) atoms. The number of hydrogen-bond donors (Lipinski definition) is 1. The molecule has 8 heteroatoms. The van der Waals surface area contributed by atoms with Crippen molar-refractivity contribution in [1.29, 1.82) is 0 Å². The Morgan fingerprint density at radius 2 is 1.96 bits per heavy atom. The summed E-state index contributed by atoms with van der Waals surface area (Å²) in [5, 5.41) is 5.15. The van der Waals surface area contributed by atoms with Gasteiger partial charge >= 0.3 is 0 Å². The van der Waals surface area contributed by atoms with E-state index in [1.807, 2.05) is 12.5 Å². The molecule has 1 fully saturated rings. The second-order valence-corrected chi connectivity index (χ2v) is 7.10. The summed E-state index contributed by atoms with van der Waals surface area (Å²) in [5.74, 6) is 0.317. The van der Waals surface area contributed by atoms with E-state index < -0.39 is 0 Å². The minimum Gasteiger partial charge on any atom is -0.370 e. The first-order valence-corrected chi connectivity index (χ1v) is 9.93. The van der Waals surface area contributed by atoms with Gasteiger partial charge in [0.25, 0.3) is 5.78 Å². The average Bonchev–Trinajstić information content (AvgIpc) is 3.09. The van der Waals surface area contributed by atoms with Crippen LogP contribution in [0.2, 0.25) is 0 Å². The van der Waals surface area contributed by atoms with Gasteiger partial charge in [0, 0.05) is 23.7 Å². The SMILES string of the molecule is CSc1nc2nc(-c3ccc(F)cc3)c(CC[NH+]3CCOCC3)cn2n1. The minimum absolute atomic E-state index is 0.249. The first-order valence-electron chi connectivity index (χ1n) is 8.70. The second-order valence-electron chi connectivity index (χ2n) is 6.33. The lowest BCUT2D eigenvalue weighted by molar-refractivity contribution is -0.907. The van der Waals surface area contributed by atoms with Gasteiger partial charge in [0.1, 0.15) is 18.9 Å². The quantitative estimate of drug-likeness (QED) is 0.678. The van der Waals surface area contributed by atoms with Crippen LogP contribution < -0.4 is 4.90 Å². The fourth-order valence-electron chi connectivity index (χ4n) is 3.19. The minimum atomic E-state index is -0.249. The van der Waals surface area contributed by atoms with Crippen LogP contribution in [0.4, 0.5) is 4.39 Å². The molecule has 3 heterocycles. The van der Waals surface area contributed by atoms with Gasteiger partial charge in [-0.2, -0.15) is 4.98 Å². The fourth-order valence-corrected chi connectivity index (χ4v) is 3.53. The molecule has 3 aromatic rings. The molecule has 136 valence electrons. The van der Waals surface area contributed by atoms with E-state index in [9.17, 15) is 4.39 Å². The Balaban J connectivity index is 1.69. The summed E-state index contributed by atoms with van der Waals surface area (Å²) >= 11 is 1.49. The maximum atomic E-state index is 13.3. The second kappa shape index (κ2) is 7.69. The lowest BCUT2D eigenvalue weighted by Gasteiger charge is -2.24. The van der Waals surface area contributed by atoms with Crippen molar-refractivity contribution in [3.05, 3.63) is 41.8 Å². The van der Waals surface area contributed by atoms with Crippen molar-refractivity contribution in [3.63, 3.8) is 0 Å². The number of quaternary nitrogens is 1. The predicted molar refractivity (Wildman–Crippen MR) is 98.0 cm³/mol. The Morgan fingerprint density at radius 3 is 2.69 bits per heavy atom. The third-order valence-corrected chi connectivity index (χ3v) is 5.17. The molecule has 6 nitrogen and oxygen atoms in total. The Hall–Kier alpha value is -2.03. The van der Waals surface area contributed by atoms with Crippen LogP contribution in [0.1, 0.15) is 5.56 Å². The highest BCUT2D eigenvalue weighted by Crippen LogP contribution is 2.23. The van der Waals surface area contributed by atoms with E-state index in [1.165, 1.54) is 28.8 Å². The predicted octanol–water partition coefficient (Wildman–Crippen LogP) is 1.11. The lowest BCUT2D eigenvalue weighted by Crippen LogP contribution is -3.14. The molecule has 0 unspecified atom stereocenters. The van der Waals surface area contributed by atoms with Crippen molar-refractivity contribution in [3.8, 4) is 11.3 Å². The molecule has 0 spiro atoms. The van der Waals surface area contributed by atoms with Crippen LogP contribution in [0, 0.1) is 5.82 Å². The molecule has 0 atom stereocenters. The molecular formula is C18H21FN5OS+. The van der Waals surface area contributed by atoms with Crippen molar-refractivity contribution in [2.75, 3.05) is 39.1 Å². The lowest BCUT2D eigenvalue weighted by atomic mass is 10.0. The van der Waals surface area contributed by atoms with E-state index in [4.69, 9.17) is 9.72 Å². The van der Waals surface area contributed by atoms with Crippen LogP contribution >= 0.6 is 11.8 Å². The number of nitrogens with zero attached hydrogens (tertiary/aromatic N) is 4. The van der Waals surface area contributed by atoms with Crippen LogP contribution in [-0.4, -0.2) is 58.7 Å². The van der Waals surface area contributed by atoms with Gasteiger partial charge in [0.2, 0.25) is 5.16 Å². The van der Waals surface area contributed by atoms with Crippen LogP contribution in [0.25, 0.3) is 17.0 Å². The van der Waals surface area contributed by atoms with E-state index in [0.717, 1.165) is 56.1 Å². The largest absolute Gasteiger partial charge is 0.370 e. The monoisotopic (exact) mass is 374 g/mol. The van der Waals surface area contributed by atoms with Crippen LogP contribution in [-0.2, 0) is 11.2 Å². The number of nitrogens with one attached hydrogen (secondary N) is 1. The number of aromatic nitrogens is 4. The zero-order valence-corrected chi connectivity index (χ0v) is 15.4. The molecular weight excluding hydrogens is 353 g/mol. The Labute approximate surface area is 155 Å². The Morgan fingerprint density at radius 1 is 1.19 bits per heavy atom. The number of halogens is 1. The van der Waals surface area contributed by atoms with Gasteiger partial charge in [-0.05, 0) is 30.5 Å². The Kier molecular flexibility index (Phi) is 5.14. The molecule has 0 aliphatic carbocycles. The summed E-state index contributed by atoms with van der Waals surface area (Å²) in [4.78, 5) is 10.7. The first-order chi connectivity index (χ1) is 12.7. The first kappa shape index (κ1) is 17.4. The smallest absolute Gasteiger partial charge is 0.253 e. The van der Waals surface area contributed by atoms with Crippen LogP contribution in [0.5, 0.6) is 0 Å². The number of benzene rings is 1. The van der Waals surface area contributed by atoms with Crippen molar-refractivity contribution >= 4 is 17.5 Å². The summed E-state index contributed by atoms with van der Waals surface area (Å²) in [6.45, 7) is 4.70. The van der Waals surface area contributed by atoms with Gasteiger partial charge in [-0.25, -0.2) is 13.9 Å². The van der Waals surface area contributed by atoms with Crippen molar-refractivity contribution in [1.82, 2.24) is 19.6 Å². The topological polar surface area (TPSA) is 56.8 Å². The molecule has 1 aliphatic heterocycles. The molecule has 1 aromatic carbocycles. The van der Waals surface area contributed by atoms with E-state index in [1.54, 1.807) is 16.6 Å². The molecule has 1 saturated heterocycles. The van der Waals surface area contributed by atoms with E-state index >= 15 is 0 Å². The maximum absolute atomic E-state index is 13.3. The van der Waals surface area contributed by atoms with Gasteiger partial charge in [0.05, 0.1) is 25.5 Å². The molecule has 1 aliphatic rings. The number of thioether (sulfide) groups is 1. The summed E-state index contributed by atoms with van der Waals surface area (Å²) in [7, 11) is 0. The van der Waals surface area contributed by atoms with Gasteiger partial charge in [-0.3, -0.25) is 0 Å².